The van der Waals surface area contributed by atoms with Crippen molar-refractivity contribution in [2.24, 2.45) is 0 Å². The van der Waals surface area contributed by atoms with Crippen LogP contribution in [0.25, 0.3) is 10.9 Å². The van der Waals surface area contributed by atoms with Crippen LogP contribution in [0.4, 0.5) is 5.69 Å². The number of nitrogens with one attached hydrogen (secondary N) is 1. The van der Waals surface area contributed by atoms with Gasteiger partial charge in [0.1, 0.15) is 0 Å². The number of benzene rings is 1. The Balaban J connectivity index is 0.000000917. The maximum Gasteiger partial charge on any atom is 0.290 e. The summed E-state index contributed by atoms with van der Waals surface area (Å²) in [5, 5.41) is 11.6. The molecule has 1 fully saturated rings. The van der Waals surface area contributed by atoms with Gasteiger partial charge in [-0.2, -0.15) is 0 Å². The predicted octanol–water partition coefficient (Wildman–Crippen LogP) is 4.30. The molecular weight excluding hydrogens is 444 g/mol. The summed E-state index contributed by atoms with van der Waals surface area (Å²) in [6.07, 6.45) is 8.74. The number of anilines is 1. The lowest BCUT2D eigenvalue weighted by atomic mass is 10.1. The molecule has 0 atom stereocenters. The molecule has 2 aromatic heterocycles. The average Bonchev–Trinajstić information content (AvgIpc) is 3.57. The molecule has 0 spiro atoms. The van der Waals surface area contributed by atoms with Crippen LogP contribution >= 0.6 is 0 Å². The summed E-state index contributed by atoms with van der Waals surface area (Å²) in [6, 6.07) is 10.1. The second-order valence-electron chi connectivity index (χ2n) is 8.82. The second-order valence-corrected chi connectivity index (χ2v) is 8.82. The van der Waals surface area contributed by atoms with Crippen molar-refractivity contribution >= 4 is 23.1 Å². The van der Waals surface area contributed by atoms with E-state index in [1.807, 2.05) is 24.4 Å². The molecule has 35 heavy (non-hydrogen) atoms. The number of fused-ring (bicyclic) bond motifs is 2. The number of carbonyl (C=O) groups is 1. The maximum absolute atomic E-state index is 8.36. The summed E-state index contributed by atoms with van der Waals surface area (Å²) >= 11 is 0. The molecule has 3 aromatic rings. The minimum atomic E-state index is -0.250. The maximum atomic E-state index is 8.36. The van der Waals surface area contributed by atoms with Gasteiger partial charge >= 0.3 is 0 Å². The topological polar surface area (TPSA) is 96.8 Å². The normalized spacial score (nSPS) is 14.8. The summed E-state index contributed by atoms with van der Waals surface area (Å²) in [7, 11) is 1.71. The zero-order chi connectivity index (χ0) is 24.5. The summed E-state index contributed by atoms with van der Waals surface area (Å²) in [5.74, 6) is 1.54. The molecule has 1 saturated heterocycles. The highest BCUT2D eigenvalue weighted by Crippen LogP contribution is 2.39. The summed E-state index contributed by atoms with van der Waals surface area (Å²) in [5.41, 5.74) is 5.67. The standard InChI is InChI=1S/C26H32N4O2.CH2O2/c1-31-24-16-21-23(17-25(24)32-15-7-14-30-12-4-5-13-30)29-22-10-6-9-20(22)26(21)28-18-19-8-2-3-11-27-19;2-1-3/h2-3,8,11,16-17H,4-7,9-10,12-15,18H2,1H3,(H,28,29);1H,(H,2,3). The van der Waals surface area contributed by atoms with Crippen LogP contribution in [0, 0.1) is 0 Å². The fourth-order valence-electron chi connectivity index (χ4n) is 4.90. The van der Waals surface area contributed by atoms with E-state index in [0.29, 0.717) is 13.2 Å². The first-order valence-corrected chi connectivity index (χ1v) is 12.3. The number of ether oxygens (including phenoxy) is 2. The average molecular weight is 479 g/mol. The molecule has 3 heterocycles. The van der Waals surface area contributed by atoms with Crippen LogP contribution in [0.2, 0.25) is 0 Å². The number of methoxy groups -OCH3 is 1. The lowest BCUT2D eigenvalue weighted by molar-refractivity contribution is -0.122. The van der Waals surface area contributed by atoms with Gasteiger partial charge in [-0.15, -0.1) is 0 Å². The highest BCUT2D eigenvalue weighted by molar-refractivity contribution is 5.96. The van der Waals surface area contributed by atoms with Crippen molar-refractivity contribution in [3.63, 3.8) is 0 Å². The molecule has 0 saturated carbocycles. The van der Waals surface area contributed by atoms with Gasteiger partial charge in [0.05, 0.1) is 31.5 Å². The number of pyridine rings is 2. The molecule has 0 amide bonds. The highest BCUT2D eigenvalue weighted by atomic mass is 16.5. The molecule has 2 N–H and O–H groups in total. The van der Waals surface area contributed by atoms with E-state index >= 15 is 0 Å². The molecular formula is C27H34N4O4. The largest absolute Gasteiger partial charge is 0.493 e. The molecule has 0 bridgehead atoms. The van der Waals surface area contributed by atoms with Gasteiger partial charge in [0.15, 0.2) is 11.5 Å². The van der Waals surface area contributed by atoms with Crippen LogP contribution in [0.1, 0.15) is 42.6 Å². The van der Waals surface area contributed by atoms with Crippen molar-refractivity contribution in [2.75, 3.05) is 38.7 Å². The first kappa shape index (κ1) is 24.7. The van der Waals surface area contributed by atoms with Crippen LogP contribution in [-0.2, 0) is 24.2 Å². The fourth-order valence-corrected chi connectivity index (χ4v) is 4.90. The Morgan fingerprint density at radius 1 is 1.14 bits per heavy atom. The van der Waals surface area contributed by atoms with Gasteiger partial charge in [-0.25, -0.2) is 0 Å². The number of carboxylic acid groups (broad SMARTS) is 1. The third kappa shape index (κ3) is 6.19. The first-order chi connectivity index (χ1) is 17.2. The number of nitrogens with zero attached hydrogens (tertiary/aromatic N) is 3. The number of likely N-dealkylation sites (tertiary alicyclic amines) is 1. The molecule has 1 aliphatic carbocycles. The SMILES string of the molecule is COc1cc2c(NCc3ccccn3)c3c(nc2cc1OCCCN1CCCC1)CCC3.O=CO. The molecule has 1 aromatic carbocycles. The zero-order valence-corrected chi connectivity index (χ0v) is 20.3. The van der Waals surface area contributed by atoms with E-state index in [4.69, 9.17) is 24.4 Å². The quantitative estimate of drug-likeness (QED) is 0.347. The Kier molecular flexibility index (Phi) is 8.73. The summed E-state index contributed by atoms with van der Waals surface area (Å²) in [4.78, 5) is 20.3. The number of aromatic nitrogens is 2. The van der Waals surface area contributed by atoms with Crippen LogP contribution in [0.3, 0.4) is 0 Å². The van der Waals surface area contributed by atoms with E-state index in [9.17, 15) is 0 Å². The van der Waals surface area contributed by atoms with Gasteiger partial charge in [0.25, 0.3) is 6.47 Å². The molecule has 5 rings (SSSR count). The van der Waals surface area contributed by atoms with Crippen LogP contribution in [0.5, 0.6) is 11.5 Å². The van der Waals surface area contributed by atoms with Crippen molar-refractivity contribution in [1.82, 2.24) is 14.9 Å². The molecule has 0 radical (unpaired) electrons. The Morgan fingerprint density at radius 2 is 1.97 bits per heavy atom. The lowest BCUT2D eigenvalue weighted by Gasteiger charge is -2.18. The molecule has 186 valence electrons. The molecule has 1 aliphatic heterocycles. The van der Waals surface area contributed by atoms with Crippen molar-refractivity contribution in [3.8, 4) is 11.5 Å². The van der Waals surface area contributed by atoms with E-state index in [1.165, 1.54) is 37.2 Å². The summed E-state index contributed by atoms with van der Waals surface area (Å²) in [6.45, 7) is 4.67. The van der Waals surface area contributed by atoms with Crippen molar-refractivity contribution in [3.05, 3.63) is 53.5 Å². The first-order valence-electron chi connectivity index (χ1n) is 12.3. The van der Waals surface area contributed by atoms with Crippen LogP contribution < -0.4 is 14.8 Å². The molecule has 8 heteroatoms. The molecule has 8 nitrogen and oxygen atoms in total. The van der Waals surface area contributed by atoms with E-state index in [0.717, 1.165) is 66.0 Å². The third-order valence-electron chi connectivity index (χ3n) is 6.54. The Bertz CT molecular complexity index is 1120. The van der Waals surface area contributed by atoms with E-state index in [2.05, 4.69) is 27.3 Å². The van der Waals surface area contributed by atoms with Gasteiger partial charge in [-0.3, -0.25) is 14.8 Å². The monoisotopic (exact) mass is 478 g/mol. The number of aryl methyl sites for hydroxylation is 1. The van der Waals surface area contributed by atoms with Crippen LogP contribution in [0.15, 0.2) is 36.5 Å². The van der Waals surface area contributed by atoms with E-state index in [-0.39, 0.29) is 6.47 Å². The second kappa shape index (κ2) is 12.4. The van der Waals surface area contributed by atoms with Crippen molar-refractivity contribution < 1.29 is 19.4 Å². The van der Waals surface area contributed by atoms with Gasteiger partial charge < -0.3 is 24.8 Å². The lowest BCUT2D eigenvalue weighted by Crippen LogP contribution is -2.21. The Labute approximate surface area is 206 Å². The highest BCUT2D eigenvalue weighted by Gasteiger charge is 2.21. The predicted molar refractivity (Wildman–Crippen MR) is 136 cm³/mol. The Morgan fingerprint density at radius 3 is 2.71 bits per heavy atom. The van der Waals surface area contributed by atoms with E-state index < -0.39 is 0 Å². The van der Waals surface area contributed by atoms with Gasteiger partial charge in [-0.05, 0) is 75.4 Å². The molecule has 0 unspecified atom stereocenters. The van der Waals surface area contributed by atoms with Crippen molar-refractivity contribution in [2.45, 2.75) is 45.1 Å². The summed E-state index contributed by atoms with van der Waals surface area (Å²) < 4.78 is 11.9. The number of hydrogen-bond donors (Lipinski definition) is 2. The number of rotatable bonds is 9. The minimum Gasteiger partial charge on any atom is -0.493 e. The fraction of sp³-hybridized carbons (Fsp3) is 0.444. The van der Waals surface area contributed by atoms with Crippen molar-refractivity contribution in [1.29, 1.82) is 0 Å². The minimum absolute atomic E-state index is 0.250. The zero-order valence-electron chi connectivity index (χ0n) is 20.3. The van der Waals surface area contributed by atoms with Gasteiger partial charge in [0, 0.05) is 35.6 Å². The third-order valence-corrected chi connectivity index (χ3v) is 6.54. The van der Waals surface area contributed by atoms with Gasteiger partial charge in [-0.1, -0.05) is 6.07 Å². The molecule has 2 aliphatic rings. The number of hydrogen-bond acceptors (Lipinski definition) is 7. The van der Waals surface area contributed by atoms with Crippen LogP contribution in [-0.4, -0.2) is 59.8 Å². The Hall–Kier alpha value is -3.39. The van der Waals surface area contributed by atoms with E-state index in [1.54, 1.807) is 7.11 Å². The smallest absolute Gasteiger partial charge is 0.290 e. The van der Waals surface area contributed by atoms with Gasteiger partial charge in [0.2, 0.25) is 0 Å².